The van der Waals surface area contributed by atoms with E-state index >= 15 is 0 Å². The molecule has 0 atom stereocenters. The Morgan fingerprint density at radius 1 is 0.784 bits per heavy atom. The summed E-state index contributed by atoms with van der Waals surface area (Å²) in [5, 5.41) is 3.34. The Balaban J connectivity index is 1.40. The lowest BCUT2D eigenvalue weighted by molar-refractivity contribution is -0.113. The number of hydrogen-bond donors (Lipinski definition) is 1. The van der Waals surface area contributed by atoms with Crippen molar-refractivity contribution < 1.29 is 9.59 Å². The first-order valence-electron chi connectivity index (χ1n) is 12.1. The summed E-state index contributed by atoms with van der Waals surface area (Å²) in [7, 11) is 0. The Morgan fingerprint density at radius 3 is 1.97 bits per heavy atom. The van der Waals surface area contributed by atoms with E-state index < -0.39 is 0 Å². The van der Waals surface area contributed by atoms with Gasteiger partial charge in [-0.25, -0.2) is 0 Å². The molecule has 2 amide bonds. The molecule has 0 aliphatic carbocycles. The molecule has 5 nitrogen and oxygen atoms in total. The van der Waals surface area contributed by atoms with E-state index in [1.165, 1.54) is 17.3 Å². The Hall–Kier alpha value is -4.19. The van der Waals surface area contributed by atoms with Gasteiger partial charge in [-0.1, -0.05) is 90.5 Å². The van der Waals surface area contributed by atoms with Gasteiger partial charge in [0.1, 0.15) is 0 Å². The fourth-order valence-corrected chi connectivity index (χ4v) is 4.57. The van der Waals surface area contributed by atoms with Crippen LogP contribution >= 0.6 is 11.6 Å². The van der Waals surface area contributed by atoms with Crippen molar-refractivity contribution in [1.29, 1.82) is 0 Å². The molecule has 184 valence electrons. The van der Waals surface area contributed by atoms with E-state index in [1.54, 1.807) is 29.2 Å². The third-order valence-electron chi connectivity index (χ3n) is 6.25. The minimum absolute atomic E-state index is 0.149. The van der Waals surface area contributed by atoms with Crippen LogP contribution in [0.15, 0.2) is 115 Å². The van der Waals surface area contributed by atoms with Crippen LogP contribution in [0.4, 0.5) is 5.69 Å². The van der Waals surface area contributed by atoms with Crippen LogP contribution in [0.3, 0.4) is 0 Å². The second-order valence-electron chi connectivity index (χ2n) is 8.89. The molecule has 5 rings (SSSR count). The Bertz CT molecular complexity index is 1380. The molecule has 0 spiro atoms. The predicted molar refractivity (Wildman–Crippen MR) is 148 cm³/mol. The lowest BCUT2D eigenvalue weighted by Crippen LogP contribution is -2.39. The quantitative estimate of drug-likeness (QED) is 0.292. The number of benzene rings is 4. The second-order valence-corrected chi connectivity index (χ2v) is 9.32. The summed E-state index contributed by atoms with van der Waals surface area (Å²) in [4.78, 5) is 30.3. The maximum absolute atomic E-state index is 13.7. The van der Waals surface area contributed by atoms with Crippen molar-refractivity contribution in [3.63, 3.8) is 0 Å². The van der Waals surface area contributed by atoms with Crippen LogP contribution in [-0.4, -0.2) is 23.4 Å². The number of fused-ring (bicyclic) bond motifs is 1. The minimum Gasteiger partial charge on any atom is -0.328 e. The molecule has 0 aromatic heterocycles. The molecule has 1 N–H and O–H groups in total. The van der Waals surface area contributed by atoms with Gasteiger partial charge in [0.15, 0.2) is 0 Å². The first-order chi connectivity index (χ1) is 18.1. The molecule has 6 heteroatoms. The summed E-state index contributed by atoms with van der Waals surface area (Å²) in [5.74, 6) is -0.452. The number of hydrogen-bond acceptors (Lipinski definition) is 3. The predicted octanol–water partition coefficient (Wildman–Crippen LogP) is 6.12. The largest absolute Gasteiger partial charge is 0.328 e. The maximum Gasteiger partial charge on any atom is 0.261 e. The van der Waals surface area contributed by atoms with E-state index in [2.05, 4.69) is 34.5 Å². The number of rotatable bonds is 8. The van der Waals surface area contributed by atoms with Crippen molar-refractivity contribution in [3.05, 3.63) is 143 Å². The first-order valence-corrected chi connectivity index (χ1v) is 12.4. The molecule has 0 radical (unpaired) electrons. The molecule has 0 fully saturated rings. The molecule has 0 saturated carbocycles. The zero-order chi connectivity index (χ0) is 25.6. The Labute approximate surface area is 221 Å². The van der Waals surface area contributed by atoms with Crippen LogP contribution in [0.5, 0.6) is 0 Å². The van der Waals surface area contributed by atoms with Gasteiger partial charge in [-0.3, -0.25) is 19.4 Å². The van der Waals surface area contributed by atoms with E-state index in [4.69, 9.17) is 11.6 Å². The molecule has 4 aromatic carbocycles. The van der Waals surface area contributed by atoms with E-state index in [0.717, 1.165) is 11.3 Å². The van der Waals surface area contributed by atoms with Gasteiger partial charge < -0.3 is 5.32 Å². The molecule has 0 unspecified atom stereocenters. The average molecular weight is 508 g/mol. The van der Waals surface area contributed by atoms with Gasteiger partial charge in [0.2, 0.25) is 0 Å². The van der Waals surface area contributed by atoms with Crippen molar-refractivity contribution in [1.82, 2.24) is 10.2 Å². The van der Waals surface area contributed by atoms with Gasteiger partial charge in [-0.05, 0) is 41.5 Å². The second kappa shape index (κ2) is 11.2. The standard InChI is InChI=1S/C31H26ClN3O2/c32-26-17-15-25(16-18-26)30(36)33-19-28-27-13-7-8-14-29(27)35(31(28)37)22-34(20-23-9-3-1-4-10-23)21-24-11-5-2-6-12-24/h1-19H,20-22H2,(H,33,36)/b28-19-. The highest BCUT2D eigenvalue weighted by Gasteiger charge is 2.33. The van der Waals surface area contributed by atoms with Crippen LogP contribution in [0.1, 0.15) is 27.0 Å². The van der Waals surface area contributed by atoms with Crippen LogP contribution in [0.25, 0.3) is 5.57 Å². The average Bonchev–Trinajstić information content (AvgIpc) is 3.19. The van der Waals surface area contributed by atoms with Gasteiger partial charge in [-0.2, -0.15) is 0 Å². The van der Waals surface area contributed by atoms with Crippen molar-refractivity contribution in [2.75, 3.05) is 11.6 Å². The van der Waals surface area contributed by atoms with Crippen molar-refractivity contribution in [3.8, 4) is 0 Å². The van der Waals surface area contributed by atoms with Gasteiger partial charge in [0, 0.05) is 35.4 Å². The van der Waals surface area contributed by atoms with Gasteiger partial charge in [0.25, 0.3) is 11.8 Å². The molecule has 1 aliphatic rings. The number of carbonyl (C=O) groups is 2. The van der Waals surface area contributed by atoms with E-state index in [0.29, 0.717) is 35.9 Å². The molecule has 37 heavy (non-hydrogen) atoms. The van der Waals surface area contributed by atoms with E-state index in [-0.39, 0.29) is 11.8 Å². The molecule has 0 saturated heterocycles. The normalized spacial score (nSPS) is 13.7. The zero-order valence-electron chi connectivity index (χ0n) is 20.2. The van der Waals surface area contributed by atoms with Gasteiger partial charge in [0.05, 0.1) is 17.9 Å². The maximum atomic E-state index is 13.7. The number of halogens is 1. The lowest BCUT2D eigenvalue weighted by Gasteiger charge is -2.28. The number of nitrogens with zero attached hydrogens (tertiary/aromatic N) is 2. The highest BCUT2D eigenvalue weighted by atomic mass is 35.5. The number of anilines is 1. The molecule has 1 aliphatic heterocycles. The summed E-state index contributed by atoms with van der Waals surface area (Å²) < 4.78 is 0. The van der Waals surface area contributed by atoms with Gasteiger partial charge >= 0.3 is 0 Å². The number of amides is 2. The highest BCUT2D eigenvalue weighted by Crippen LogP contribution is 2.36. The van der Waals surface area contributed by atoms with E-state index in [9.17, 15) is 9.59 Å². The van der Waals surface area contributed by atoms with Crippen LogP contribution in [0, 0.1) is 0 Å². The van der Waals surface area contributed by atoms with Crippen molar-refractivity contribution >= 4 is 34.7 Å². The van der Waals surface area contributed by atoms with Crippen molar-refractivity contribution in [2.24, 2.45) is 0 Å². The van der Waals surface area contributed by atoms with Crippen LogP contribution < -0.4 is 10.2 Å². The number of para-hydroxylation sites is 1. The number of carbonyl (C=O) groups excluding carboxylic acids is 2. The van der Waals surface area contributed by atoms with Crippen molar-refractivity contribution in [2.45, 2.75) is 13.1 Å². The first kappa shape index (κ1) is 24.5. The fraction of sp³-hybridized carbons (Fsp3) is 0.0968. The van der Waals surface area contributed by atoms with Crippen LogP contribution in [0.2, 0.25) is 5.02 Å². The SMILES string of the molecule is O=C(N/C=C1\C(=O)N(CN(Cc2ccccc2)Cc2ccccc2)c2ccccc21)c1ccc(Cl)cc1. The fourth-order valence-electron chi connectivity index (χ4n) is 4.45. The summed E-state index contributed by atoms with van der Waals surface area (Å²) in [6.45, 7) is 1.78. The zero-order valence-corrected chi connectivity index (χ0v) is 20.9. The summed E-state index contributed by atoms with van der Waals surface area (Å²) in [6.07, 6.45) is 1.51. The third-order valence-corrected chi connectivity index (χ3v) is 6.51. The monoisotopic (exact) mass is 507 g/mol. The minimum atomic E-state index is -0.303. The molecular formula is C31H26ClN3O2. The summed E-state index contributed by atoms with van der Waals surface area (Å²) in [6, 6.07) is 34.8. The summed E-state index contributed by atoms with van der Waals surface area (Å²) in [5.41, 5.74) is 4.88. The molecule has 0 bridgehead atoms. The third kappa shape index (κ3) is 5.80. The highest BCUT2D eigenvalue weighted by molar-refractivity contribution is 6.32. The molecular weight excluding hydrogens is 482 g/mol. The lowest BCUT2D eigenvalue weighted by atomic mass is 10.1. The van der Waals surface area contributed by atoms with Crippen LogP contribution in [-0.2, 0) is 17.9 Å². The number of nitrogens with one attached hydrogen (secondary N) is 1. The molecule has 4 aromatic rings. The van der Waals surface area contributed by atoms with Gasteiger partial charge in [-0.15, -0.1) is 0 Å². The Morgan fingerprint density at radius 2 is 1.35 bits per heavy atom. The topological polar surface area (TPSA) is 52.7 Å². The molecule has 1 heterocycles. The summed E-state index contributed by atoms with van der Waals surface area (Å²) >= 11 is 5.93. The Kier molecular flexibility index (Phi) is 7.45. The smallest absolute Gasteiger partial charge is 0.261 e. The van der Waals surface area contributed by atoms with E-state index in [1.807, 2.05) is 60.7 Å².